The van der Waals surface area contributed by atoms with E-state index in [2.05, 4.69) is 10.3 Å². The lowest BCUT2D eigenvalue weighted by atomic mass is 9.92. The van der Waals surface area contributed by atoms with Crippen LogP contribution in [-0.4, -0.2) is 87.5 Å². The van der Waals surface area contributed by atoms with E-state index in [0.717, 1.165) is 6.20 Å². The number of halogens is 3. The van der Waals surface area contributed by atoms with Gasteiger partial charge in [0.05, 0.1) is 24.4 Å². The van der Waals surface area contributed by atoms with Crippen molar-refractivity contribution in [1.82, 2.24) is 19.7 Å². The van der Waals surface area contributed by atoms with Crippen molar-refractivity contribution >= 4 is 17.6 Å². The van der Waals surface area contributed by atoms with E-state index in [-0.39, 0.29) is 42.6 Å². The molecule has 8 nitrogen and oxygen atoms in total. The quantitative estimate of drug-likeness (QED) is 0.631. The van der Waals surface area contributed by atoms with Crippen molar-refractivity contribution in [3.8, 4) is 0 Å². The van der Waals surface area contributed by atoms with E-state index in [9.17, 15) is 27.9 Å². The van der Waals surface area contributed by atoms with Crippen LogP contribution < -0.4 is 5.32 Å². The Kier molecular flexibility index (Phi) is 7.32. The molecule has 2 fully saturated rings. The van der Waals surface area contributed by atoms with E-state index in [1.807, 2.05) is 0 Å². The van der Waals surface area contributed by atoms with E-state index in [0.29, 0.717) is 43.9 Å². The molecule has 11 heteroatoms. The molecule has 5 rings (SSSR count). The monoisotopic (exact) mass is 531 g/mol. The van der Waals surface area contributed by atoms with Gasteiger partial charge in [-0.15, -0.1) is 0 Å². The molecule has 0 spiro atoms. The standard InChI is InChI=1S/C27H32F3N5O3/c1-17(36)33-9-6-19(7-10-33)32-25-12-20(22(28)13-31-25)26(38)34-11-8-23(24(37)15-34)35-14-18-4-2-3-5-21(18)27(29,30)16-35/h2-5,12-13,19,23-24,37H,6-11,14-16H2,1H3,(H,31,32). The summed E-state index contributed by atoms with van der Waals surface area (Å²) < 4.78 is 44.3. The second kappa shape index (κ2) is 10.5. The number of β-amino-alcohol motifs (C(OH)–C–C–N with tert-alkyl or cyclic N) is 1. The van der Waals surface area contributed by atoms with Crippen molar-refractivity contribution in [3.63, 3.8) is 0 Å². The summed E-state index contributed by atoms with van der Waals surface area (Å²) >= 11 is 0. The highest BCUT2D eigenvalue weighted by atomic mass is 19.3. The molecule has 0 saturated carbocycles. The molecule has 0 aliphatic carbocycles. The number of carbonyl (C=O) groups is 2. The third-order valence-corrected chi connectivity index (χ3v) is 7.87. The normalized spacial score (nSPS) is 24.1. The summed E-state index contributed by atoms with van der Waals surface area (Å²) in [6, 6.07) is 7.29. The first-order chi connectivity index (χ1) is 18.1. The number of hydrogen-bond donors (Lipinski definition) is 2. The minimum absolute atomic E-state index is 0.0142. The Bertz CT molecular complexity index is 1200. The summed E-state index contributed by atoms with van der Waals surface area (Å²) in [7, 11) is 0. The molecule has 2 N–H and O–H groups in total. The number of nitrogens with one attached hydrogen (secondary N) is 1. The van der Waals surface area contributed by atoms with Gasteiger partial charge in [0.1, 0.15) is 5.82 Å². The number of aromatic nitrogens is 1. The van der Waals surface area contributed by atoms with Gasteiger partial charge in [-0.25, -0.2) is 9.37 Å². The van der Waals surface area contributed by atoms with Crippen LogP contribution in [0.2, 0.25) is 0 Å². The molecule has 3 aliphatic heterocycles. The first-order valence-corrected chi connectivity index (χ1v) is 13.0. The van der Waals surface area contributed by atoms with Crippen LogP contribution in [0.1, 0.15) is 47.7 Å². The lowest BCUT2D eigenvalue weighted by Crippen LogP contribution is -2.57. The first-order valence-electron chi connectivity index (χ1n) is 13.0. The highest BCUT2D eigenvalue weighted by molar-refractivity contribution is 5.95. The summed E-state index contributed by atoms with van der Waals surface area (Å²) in [5, 5.41) is 14.1. The Hall–Kier alpha value is -3.18. The molecule has 2 saturated heterocycles. The molecule has 1 aromatic carbocycles. The summed E-state index contributed by atoms with van der Waals surface area (Å²) in [5.41, 5.74) is 0.383. The van der Waals surface area contributed by atoms with Gasteiger partial charge < -0.3 is 20.2 Å². The summed E-state index contributed by atoms with van der Waals surface area (Å²) in [5.74, 6) is -3.99. The number of likely N-dealkylation sites (tertiary alicyclic amines) is 2. The molecule has 38 heavy (non-hydrogen) atoms. The van der Waals surface area contributed by atoms with Gasteiger partial charge in [0.15, 0.2) is 5.82 Å². The number of amides is 2. The van der Waals surface area contributed by atoms with Gasteiger partial charge in [0, 0.05) is 57.3 Å². The van der Waals surface area contributed by atoms with Crippen molar-refractivity contribution in [2.75, 3.05) is 38.0 Å². The Labute approximate surface area is 219 Å². The fourth-order valence-corrected chi connectivity index (χ4v) is 5.79. The SMILES string of the molecule is CC(=O)N1CCC(Nc2cc(C(=O)N3CCC(N4Cc5ccccc5C(F)(F)C4)C(O)C3)c(F)cn2)CC1. The number of rotatable bonds is 4. The third kappa shape index (κ3) is 5.35. The third-order valence-electron chi connectivity index (χ3n) is 7.87. The summed E-state index contributed by atoms with van der Waals surface area (Å²) in [6.45, 7) is 2.68. The van der Waals surface area contributed by atoms with Gasteiger partial charge in [-0.05, 0) is 30.9 Å². The van der Waals surface area contributed by atoms with E-state index in [4.69, 9.17) is 0 Å². The maximum atomic E-state index is 14.8. The second-order valence-corrected chi connectivity index (χ2v) is 10.4. The van der Waals surface area contributed by atoms with Gasteiger partial charge in [0.25, 0.3) is 11.8 Å². The number of aliphatic hydroxyl groups excluding tert-OH is 1. The van der Waals surface area contributed by atoms with Crippen LogP contribution in [-0.2, 0) is 17.3 Å². The second-order valence-electron chi connectivity index (χ2n) is 10.4. The zero-order chi connectivity index (χ0) is 27.0. The zero-order valence-electron chi connectivity index (χ0n) is 21.2. The van der Waals surface area contributed by atoms with Crippen LogP contribution >= 0.6 is 0 Å². The lowest BCUT2D eigenvalue weighted by molar-refractivity contribution is -0.129. The number of carbonyl (C=O) groups excluding carboxylic acids is 2. The highest BCUT2D eigenvalue weighted by Gasteiger charge is 2.44. The number of alkyl halides is 2. The summed E-state index contributed by atoms with van der Waals surface area (Å²) in [4.78, 5) is 33.5. The number of piperidine rings is 2. The van der Waals surface area contributed by atoms with Gasteiger partial charge in [-0.2, -0.15) is 8.78 Å². The van der Waals surface area contributed by atoms with E-state index in [1.54, 1.807) is 28.0 Å². The maximum Gasteiger partial charge on any atom is 0.285 e. The number of hydrogen-bond acceptors (Lipinski definition) is 6. The number of benzene rings is 1. The van der Waals surface area contributed by atoms with Crippen molar-refractivity contribution in [1.29, 1.82) is 0 Å². The lowest BCUT2D eigenvalue weighted by Gasteiger charge is -2.45. The predicted octanol–water partition coefficient (Wildman–Crippen LogP) is 2.83. The van der Waals surface area contributed by atoms with Crippen LogP contribution in [0.5, 0.6) is 0 Å². The number of nitrogens with zero attached hydrogens (tertiary/aromatic N) is 4. The van der Waals surface area contributed by atoms with Crippen LogP contribution in [0.15, 0.2) is 36.5 Å². The average molecular weight is 532 g/mol. The van der Waals surface area contributed by atoms with Crippen molar-refractivity contribution in [2.45, 2.75) is 56.8 Å². The smallest absolute Gasteiger partial charge is 0.285 e. The molecule has 2 unspecified atom stereocenters. The fourth-order valence-electron chi connectivity index (χ4n) is 5.79. The van der Waals surface area contributed by atoms with Gasteiger partial charge in [-0.1, -0.05) is 24.3 Å². The minimum Gasteiger partial charge on any atom is -0.390 e. The Morgan fingerprint density at radius 3 is 2.53 bits per heavy atom. The fraction of sp³-hybridized carbons (Fsp3) is 0.519. The number of fused-ring (bicyclic) bond motifs is 1. The van der Waals surface area contributed by atoms with Gasteiger partial charge in [0.2, 0.25) is 5.91 Å². The van der Waals surface area contributed by atoms with E-state index in [1.165, 1.54) is 24.0 Å². The largest absolute Gasteiger partial charge is 0.390 e. The minimum atomic E-state index is -3.03. The maximum absolute atomic E-state index is 14.8. The molecule has 1 aromatic heterocycles. The summed E-state index contributed by atoms with van der Waals surface area (Å²) in [6.07, 6.45) is 1.65. The molecule has 3 aliphatic rings. The Morgan fingerprint density at radius 2 is 1.82 bits per heavy atom. The van der Waals surface area contributed by atoms with E-state index >= 15 is 0 Å². The van der Waals surface area contributed by atoms with Crippen molar-refractivity contribution in [2.24, 2.45) is 0 Å². The van der Waals surface area contributed by atoms with Gasteiger partial charge in [-0.3, -0.25) is 14.5 Å². The molecule has 0 bridgehead atoms. The van der Waals surface area contributed by atoms with E-state index < -0.39 is 36.3 Å². The number of pyridine rings is 1. The molecular formula is C27H32F3N5O3. The van der Waals surface area contributed by atoms with Crippen LogP contribution in [0.4, 0.5) is 19.0 Å². The van der Waals surface area contributed by atoms with Crippen LogP contribution in [0, 0.1) is 5.82 Å². The average Bonchev–Trinajstić information content (AvgIpc) is 2.89. The molecule has 0 radical (unpaired) electrons. The molecule has 2 atom stereocenters. The Morgan fingerprint density at radius 1 is 1.11 bits per heavy atom. The number of aliphatic hydroxyl groups is 1. The van der Waals surface area contributed by atoms with Crippen molar-refractivity contribution in [3.05, 3.63) is 59.0 Å². The van der Waals surface area contributed by atoms with Crippen molar-refractivity contribution < 1.29 is 27.9 Å². The molecule has 4 heterocycles. The first kappa shape index (κ1) is 26.4. The number of anilines is 1. The molecule has 204 valence electrons. The topological polar surface area (TPSA) is 89.0 Å². The van der Waals surface area contributed by atoms with Crippen LogP contribution in [0.25, 0.3) is 0 Å². The molecular weight excluding hydrogens is 499 g/mol. The molecule has 2 amide bonds. The zero-order valence-corrected chi connectivity index (χ0v) is 21.2. The Balaban J connectivity index is 1.23. The van der Waals surface area contributed by atoms with Crippen LogP contribution in [0.3, 0.4) is 0 Å². The van der Waals surface area contributed by atoms with Gasteiger partial charge >= 0.3 is 0 Å². The predicted molar refractivity (Wildman–Crippen MR) is 134 cm³/mol. The highest BCUT2D eigenvalue weighted by Crippen LogP contribution is 2.38. The molecule has 2 aromatic rings.